The molecule has 0 unspecified atom stereocenters. The van der Waals surface area contributed by atoms with Crippen molar-refractivity contribution in [2.24, 2.45) is 0 Å². The Balaban J connectivity index is 1.74. The number of nitrogens with one attached hydrogen (secondary N) is 2. The van der Waals surface area contributed by atoms with E-state index in [1.807, 2.05) is 36.4 Å². The van der Waals surface area contributed by atoms with Gasteiger partial charge in [0.15, 0.2) is 0 Å². The summed E-state index contributed by atoms with van der Waals surface area (Å²) in [4.78, 5) is 30.0. The summed E-state index contributed by atoms with van der Waals surface area (Å²) in [5, 5.41) is 2.85. The van der Waals surface area contributed by atoms with Crippen molar-refractivity contribution < 1.29 is 4.79 Å². The van der Waals surface area contributed by atoms with Crippen LogP contribution >= 0.6 is 0 Å². The van der Waals surface area contributed by atoms with Crippen LogP contribution in [0, 0.1) is 0 Å². The van der Waals surface area contributed by atoms with Crippen LogP contribution < -0.4 is 10.2 Å². The maximum absolute atomic E-state index is 12.9. The van der Waals surface area contributed by atoms with E-state index in [0.29, 0.717) is 17.3 Å². The van der Waals surface area contributed by atoms with Crippen molar-refractivity contribution in [2.45, 2.75) is 0 Å². The van der Waals surface area contributed by atoms with Gasteiger partial charge in [0.1, 0.15) is 5.69 Å². The summed E-state index contributed by atoms with van der Waals surface area (Å²) in [5.41, 5.74) is 2.89. The molecule has 0 bridgehead atoms. The van der Waals surface area contributed by atoms with Crippen LogP contribution in [0.2, 0.25) is 0 Å². The quantitative estimate of drug-likeness (QED) is 0.600. The number of pyridine rings is 1. The van der Waals surface area contributed by atoms with Crippen LogP contribution in [-0.2, 0) is 0 Å². The number of para-hydroxylation sites is 1. The molecule has 1 aromatic heterocycles. The van der Waals surface area contributed by atoms with Crippen molar-refractivity contribution in [3.8, 4) is 11.4 Å². The zero-order chi connectivity index (χ0) is 17.1. The number of rotatable bonds is 3. The van der Waals surface area contributed by atoms with E-state index >= 15 is 0 Å². The van der Waals surface area contributed by atoms with Gasteiger partial charge in [-0.25, -0.2) is 14.7 Å². The number of hydrogen-bond donors (Lipinski definition) is 2. The number of hydrogen-bond acceptors (Lipinski definition) is 4. The van der Waals surface area contributed by atoms with Crippen LogP contribution in [0.4, 0.5) is 22.1 Å². The van der Waals surface area contributed by atoms with E-state index in [-0.39, 0.29) is 6.03 Å². The third-order valence-corrected chi connectivity index (χ3v) is 3.65. The fourth-order valence-corrected chi connectivity index (χ4v) is 2.47. The first-order valence-corrected chi connectivity index (χ1v) is 7.67. The van der Waals surface area contributed by atoms with Gasteiger partial charge in [-0.2, -0.15) is 0 Å². The Hall–Kier alpha value is -3.74. The highest BCUT2D eigenvalue weighted by atomic mass is 16.2. The summed E-state index contributed by atoms with van der Waals surface area (Å²) in [6.07, 6.45) is 6.57. The highest BCUT2D eigenvalue weighted by Gasteiger charge is 2.21. The molecule has 0 radical (unpaired) electrons. The molecule has 7 nitrogen and oxygen atoms in total. The van der Waals surface area contributed by atoms with Crippen molar-refractivity contribution in [1.82, 2.24) is 19.9 Å². The maximum atomic E-state index is 12.9. The molecular weight excluding hydrogens is 316 g/mol. The van der Waals surface area contributed by atoms with Crippen molar-refractivity contribution in [2.75, 3.05) is 10.2 Å². The molecule has 0 aliphatic carbocycles. The molecule has 2 aromatic rings. The molecule has 1 aromatic carbocycles. The number of H-pyrrole nitrogens is 1. The first kappa shape index (κ1) is 14.8. The first-order chi connectivity index (χ1) is 12.3. The van der Waals surface area contributed by atoms with Gasteiger partial charge in [-0.15, -0.1) is 0 Å². The lowest BCUT2D eigenvalue weighted by Crippen LogP contribution is -2.32. The monoisotopic (exact) mass is 330 g/mol. The SMILES string of the molecule is O=C(Nc1ccncc1)N(c1ccccc1)c1ncc2nccc-2[nH]1. The van der Waals surface area contributed by atoms with Gasteiger partial charge >= 0.3 is 6.03 Å². The Labute approximate surface area is 143 Å². The average molecular weight is 330 g/mol. The van der Waals surface area contributed by atoms with E-state index in [1.165, 1.54) is 4.90 Å². The third-order valence-electron chi connectivity index (χ3n) is 3.65. The second-order valence-electron chi connectivity index (χ2n) is 5.29. The lowest BCUT2D eigenvalue weighted by Gasteiger charge is -2.22. The average Bonchev–Trinajstić information content (AvgIpc) is 3.11. The minimum absolute atomic E-state index is 0.333. The number of benzene rings is 1. The number of aromatic amines is 1. The molecule has 0 saturated carbocycles. The molecule has 0 saturated heterocycles. The molecule has 0 spiro atoms. The largest absolute Gasteiger partial charge is 0.333 e. The first-order valence-electron chi connectivity index (χ1n) is 7.67. The molecule has 3 heterocycles. The number of amides is 2. The van der Waals surface area contributed by atoms with Gasteiger partial charge in [-0.05, 0) is 30.3 Å². The smallest absolute Gasteiger partial charge is 0.323 e. The predicted octanol–water partition coefficient (Wildman–Crippen LogP) is 3.67. The van der Waals surface area contributed by atoms with Crippen molar-refractivity contribution in [1.29, 1.82) is 0 Å². The molecule has 0 fully saturated rings. The van der Waals surface area contributed by atoms with Crippen molar-refractivity contribution in [3.63, 3.8) is 0 Å². The second kappa shape index (κ2) is 6.40. The topological polar surface area (TPSA) is 86.8 Å². The summed E-state index contributed by atoms with van der Waals surface area (Å²) in [6.45, 7) is 0. The second-order valence-corrected chi connectivity index (χ2v) is 5.29. The summed E-state index contributed by atoms with van der Waals surface area (Å²) in [5.74, 6) is 0.401. The fraction of sp³-hybridized carbons (Fsp3) is 0. The van der Waals surface area contributed by atoms with Gasteiger partial charge in [-0.3, -0.25) is 9.97 Å². The molecule has 25 heavy (non-hydrogen) atoms. The molecule has 0 atom stereocenters. The van der Waals surface area contributed by atoms with E-state index in [4.69, 9.17) is 0 Å². The molecule has 7 heteroatoms. The summed E-state index contributed by atoms with van der Waals surface area (Å²) in [6, 6.07) is 14.3. The zero-order valence-electron chi connectivity index (χ0n) is 13.1. The van der Waals surface area contributed by atoms with Crippen LogP contribution in [0.5, 0.6) is 0 Å². The molecule has 2 amide bonds. The molecular formula is C18H14N6O. The number of carbonyl (C=O) groups is 1. The van der Waals surface area contributed by atoms with E-state index < -0.39 is 0 Å². The third kappa shape index (κ3) is 3.02. The van der Waals surface area contributed by atoms with Crippen LogP contribution in [0.3, 0.4) is 0 Å². The van der Waals surface area contributed by atoms with Gasteiger partial charge in [-0.1, -0.05) is 18.2 Å². The van der Waals surface area contributed by atoms with Crippen LogP contribution in [0.15, 0.2) is 73.3 Å². The van der Waals surface area contributed by atoms with Crippen molar-refractivity contribution in [3.05, 3.63) is 73.3 Å². The van der Waals surface area contributed by atoms with Gasteiger partial charge < -0.3 is 10.3 Å². The van der Waals surface area contributed by atoms with Gasteiger partial charge in [0.05, 0.1) is 17.6 Å². The van der Waals surface area contributed by atoms with E-state index in [9.17, 15) is 4.79 Å². The number of urea groups is 1. The minimum Gasteiger partial charge on any atom is -0.323 e. The molecule has 2 aliphatic rings. The lowest BCUT2D eigenvalue weighted by atomic mass is 10.3. The van der Waals surface area contributed by atoms with Crippen LogP contribution in [0.25, 0.3) is 11.4 Å². The molecule has 2 N–H and O–H groups in total. The summed E-state index contributed by atoms with van der Waals surface area (Å²) in [7, 11) is 0. The highest BCUT2D eigenvalue weighted by molar-refractivity contribution is 6.05. The Bertz CT molecular complexity index is 954. The molecule has 122 valence electrons. The van der Waals surface area contributed by atoms with Gasteiger partial charge in [0.2, 0.25) is 5.95 Å². The Kier molecular flexibility index (Phi) is 3.80. The van der Waals surface area contributed by atoms with Crippen LogP contribution in [0.1, 0.15) is 0 Å². The van der Waals surface area contributed by atoms with E-state index in [0.717, 1.165) is 11.4 Å². The van der Waals surface area contributed by atoms with Gasteiger partial charge in [0, 0.05) is 24.3 Å². The van der Waals surface area contributed by atoms with E-state index in [2.05, 4.69) is 25.3 Å². The van der Waals surface area contributed by atoms with Gasteiger partial charge in [0.25, 0.3) is 0 Å². The number of anilines is 3. The molecule has 2 aliphatic heterocycles. The Morgan fingerprint density at radius 1 is 0.960 bits per heavy atom. The maximum Gasteiger partial charge on any atom is 0.333 e. The highest BCUT2D eigenvalue weighted by Crippen LogP contribution is 2.26. The number of aromatic nitrogens is 4. The minimum atomic E-state index is -0.333. The predicted molar refractivity (Wildman–Crippen MR) is 94.8 cm³/mol. The summed E-state index contributed by atoms with van der Waals surface area (Å²) >= 11 is 0. The standard InChI is InChI=1S/C18H14N6O/c25-18(22-13-6-9-19-10-7-13)24(14-4-2-1-3-5-14)17-21-12-16-15(23-17)8-11-20-16/h1-12H,(H,21,23)(H,19,22,25). The Morgan fingerprint density at radius 2 is 1.76 bits per heavy atom. The Morgan fingerprint density at radius 3 is 2.56 bits per heavy atom. The van der Waals surface area contributed by atoms with Crippen LogP contribution in [-0.4, -0.2) is 26.0 Å². The molecule has 4 rings (SSSR count). The van der Waals surface area contributed by atoms with E-state index in [1.54, 1.807) is 36.9 Å². The normalized spacial score (nSPS) is 10.6. The number of carbonyl (C=O) groups excluding carboxylic acids is 1. The number of nitrogens with zero attached hydrogens (tertiary/aromatic N) is 4. The zero-order valence-corrected chi connectivity index (χ0v) is 13.1. The number of fused-ring (bicyclic) bond motifs is 1. The van der Waals surface area contributed by atoms with Crippen molar-refractivity contribution >= 4 is 23.4 Å². The lowest BCUT2D eigenvalue weighted by molar-refractivity contribution is 0.258. The fourth-order valence-electron chi connectivity index (χ4n) is 2.47. The summed E-state index contributed by atoms with van der Waals surface area (Å²) < 4.78 is 0.